The number of imide groups is 1. The van der Waals surface area contributed by atoms with Gasteiger partial charge in [0.25, 0.3) is 0 Å². The van der Waals surface area contributed by atoms with Gasteiger partial charge in [-0.05, 0) is 18.2 Å². The van der Waals surface area contributed by atoms with Crippen molar-refractivity contribution in [2.24, 2.45) is 0 Å². The Hall–Kier alpha value is -1.75. The number of nitrogens with one attached hydrogen (secondary N) is 2. The van der Waals surface area contributed by atoms with Crippen molar-refractivity contribution in [1.82, 2.24) is 5.32 Å². The number of carbonyl (C=O) groups is 2. The fourth-order valence-corrected chi connectivity index (χ4v) is 1.23. The van der Waals surface area contributed by atoms with Crippen LogP contribution in [0.5, 0.6) is 5.75 Å². The topological polar surface area (TPSA) is 67.4 Å². The molecule has 1 radical (unpaired) electrons. The SMILES string of the molecule is [CH2]C(=O)NC(=O)Nc1cc(Cl)ccc1OC. The van der Waals surface area contributed by atoms with E-state index in [1.807, 2.05) is 5.32 Å². The Bertz CT molecular complexity index is 421. The summed E-state index contributed by atoms with van der Waals surface area (Å²) in [5.74, 6) is -0.255. The third kappa shape index (κ3) is 3.43. The average Bonchev–Trinajstić information content (AvgIpc) is 2.16. The molecule has 1 aromatic carbocycles. The van der Waals surface area contributed by atoms with E-state index in [0.29, 0.717) is 16.5 Å². The Kier molecular flexibility index (Phi) is 4.13. The Labute approximate surface area is 97.7 Å². The van der Waals surface area contributed by atoms with Crippen LogP contribution in [0.1, 0.15) is 0 Å². The Morgan fingerprint density at radius 3 is 2.69 bits per heavy atom. The summed E-state index contributed by atoms with van der Waals surface area (Å²) in [5.41, 5.74) is 0.369. The van der Waals surface area contributed by atoms with E-state index in [2.05, 4.69) is 12.2 Å². The minimum atomic E-state index is -0.696. The molecular weight excluding hydrogens is 232 g/mol. The van der Waals surface area contributed by atoms with Crippen molar-refractivity contribution >= 4 is 29.2 Å². The van der Waals surface area contributed by atoms with Crippen molar-refractivity contribution in [1.29, 1.82) is 0 Å². The zero-order valence-corrected chi connectivity index (χ0v) is 9.30. The van der Waals surface area contributed by atoms with Crippen LogP contribution in [0.25, 0.3) is 0 Å². The number of methoxy groups -OCH3 is 1. The van der Waals surface area contributed by atoms with Gasteiger partial charge in [0, 0.05) is 11.9 Å². The fraction of sp³-hybridized carbons (Fsp3) is 0.100. The van der Waals surface area contributed by atoms with E-state index in [1.165, 1.54) is 13.2 Å². The van der Waals surface area contributed by atoms with Gasteiger partial charge >= 0.3 is 6.03 Å². The molecular formula is C10H10ClN2O3. The molecule has 0 aliphatic rings. The first-order chi connectivity index (χ1) is 7.52. The van der Waals surface area contributed by atoms with Crippen molar-refractivity contribution < 1.29 is 14.3 Å². The monoisotopic (exact) mass is 241 g/mol. The standard InChI is InChI=1S/C10H10ClN2O3/c1-6(14)12-10(15)13-8-5-7(11)3-4-9(8)16-2/h3-5H,1H2,2H3,(H2,12,13,14,15). The molecule has 5 nitrogen and oxygen atoms in total. The minimum absolute atomic E-state index is 0.369. The van der Waals surface area contributed by atoms with Gasteiger partial charge in [0.15, 0.2) is 0 Å². The minimum Gasteiger partial charge on any atom is -0.495 e. The Morgan fingerprint density at radius 1 is 1.44 bits per heavy atom. The van der Waals surface area contributed by atoms with Crippen molar-refractivity contribution in [2.45, 2.75) is 0 Å². The lowest BCUT2D eigenvalue weighted by atomic mass is 10.3. The summed E-state index contributed by atoms with van der Waals surface area (Å²) in [4.78, 5) is 21.7. The van der Waals surface area contributed by atoms with Gasteiger partial charge in [-0.2, -0.15) is 0 Å². The van der Waals surface area contributed by atoms with Crippen molar-refractivity contribution in [3.63, 3.8) is 0 Å². The van der Waals surface area contributed by atoms with Crippen LogP contribution in [0.15, 0.2) is 18.2 Å². The van der Waals surface area contributed by atoms with E-state index in [4.69, 9.17) is 16.3 Å². The molecule has 6 heteroatoms. The smallest absolute Gasteiger partial charge is 0.325 e. The van der Waals surface area contributed by atoms with Crippen LogP contribution >= 0.6 is 11.6 Å². The first-order valence-electron chi connectivity index (χ1n) is 4.30. The van der Waals surface area contributed by atoms with Crippen LogP contribution in [0.2, 0.25) is 5.02 Å². The number of carbonyl (C=O) groups excluding carboxylic acids is 2. The lowest BCUT2D eigenvalue weighted by molar-refractivity contribution is -0.115. The molecule has 0 fully saturated rings. The molecule has 0 unspecified atom stereocenters. The number of anilines is 1. The van der Waals surface area contributed by atoms with Gasteiger partial charge in [-0.25, -0.2) is 4.79 Å². The predicted molar refractivity (Wildman–Crippen MR) is 60.5 cm³/mol. The molecule has 0 bridgehead atoms. The first kappa shape index (κ1) is 12.3. The van der Waals surface area contributed by atoms with Gasteiger partial charge in [0.2, 0.25) is 5.91 Å². The number of hydrogen-bond acceptors (Lipinski definition) is 3. The summed E-state index contributed by atoms with van der Waals surface area (Å²) in [7, 11) is 1.46. The highest BCUT2D eigenvalue weighted by Crippen LogP contribution is 2.27. The molecule has 0 heterocycles. The van der Waals surface area contributed by atoms with Gasteiger partial charge in [-0.15, -0.1) is 0 Å². The van der Waals surface area contributed by atoms with Crippen LogP contribution in [0.3, 0.4) is 0 Å². The molecule has 1 rings (SSSR count). The molecule has 85 valence electrons. The van der Waals surface area contributed by atoms with E-state index in [0.717, 1.165) is 0 Å². The maximum atomic E-state index is 11.2. The third-order valence-electron chi connectivity index (χ3n) is 1.66. The van der Waals surface area contributed by atoms with Crippen LogP contribution in [0.4, 0.5) is 10.5 Å². The zero-order chi connectivity index (χ0) is 12.1. The quantitative estimate of drug-likeness (QED) is 0.830. The zero-order valence-electron chi connectivity index (χ0n) is 8.54. The first-order valence-corrected chi connectivity index (χ1v) is 4.68. The van der Waals surface area contributed by atoms with Gasteiger partial charge in [-0.3, -0.25) is 10.1 Å². The van der Waals surface area contributed by atoms with Crippen molar-refractivity contribution in [3.8, 4) is 5.75 Å². The molecule has 1 aromatic rings. The molecule has 0 aromatic heterocycles. The van der Waals surface area contributed by atoms with Crippen LogP contribution < -0.4 is 15.4 Å². The summed E-state index contributed by atoms with van der Waals surface area (Å²) in [6, 6.07) is 4.04. The highest BCUT2D eigenvalue weighted by molar-refractivity contribution is 6.31. The van der Waals surface area contributed by atoms with E-state index < -0.39 is 11.9 Å². The number of benzene rings is 1. The highest BCUT2D eigenvalue weighted by atomic mass is 35.5. The van der Waals surface area contributed by atoms with Gasteiger partial charge < -0.3 is 10.1 Å². The van der Waals surface area contributed by atoms with E-state index in [9.17, 15) is 9.59 Å². The largest absolute Gasteiger partial charge is 0.495 e. The van der Waals surface area contributed by atoms with Gasteiger partial charge in [0.1, 0.15) is 5.75 Å². The van der Waals surface area contributed by atoms with Crippen molar-refractivity contribution in [2.75, 3.05) is 12.4 Å². The molecule has 0 saturated carbocycles. The molecule has 2 N–H and O–H groups in total. The summed E-state index contributed by atoms with van der Waals surface area (Å²) >= 11 is 5.76. The predicted octanol–water partition coefficient (Wildman–Crippen LogP) is 1.83. The molecule has 0 aliphatic carbocycles. The molecule has 16 heavy (non-hydrogen) atoms. The van der Waals surface area contributed by atoms with Gasteiger partial charge in [-0.1, -0.05) is 11.6 Å². The molecule has 0 aliphatic heterocycles. The summed E-state index contributed by atoms with van der Waals surface area (Å²) in [6.07, 6.45) is 0. The number of rotatable bonds is 2. The van der Waals surface area contributed by atoms with E-state index >= 15 is 0 Å². The molecule has 3 amide bonds. The average molecular weight is 242 g/mol. The van der Waals surface area contributed by atoms with Crippen LogP contribution in [-0.4, -0.2) is 19.0 Å². The summed E-state index contributed by atoms with van der Waals surface area (Å²) in [6.45, 7) is 3.01. The number of halogens is 1. The number of hydrogen-bond donors (Lipinski definition) is 2. The number of ether oxygens (including phenoxy) is 1. The van der Waals surface area contributed by atoms with E-state index in [1.54, 1.807) is 12.1 Å². The maximum absolute atomic E-state index is 11.2. The lowest BCUT2D eigenvalue weighted by Gasteiger charge is -2.10. The molecule has 0 atom stereocenters. The van der Waals surface area contributed by atoms with Crippen LogP contribution in [0, 0.1) is 6.92 Å². The summed E-state index contributed by atoms with van der Waals surface area (Å²) in [5, 5.41) is 4.82. The summed E-state index contributed by atoms with van der Waals surface area (Å²) < 4.78 is 5.00. The van der Waals surface area contributed by atoms with Crippen molar-refractivity contribution in [3.05, 3.63) is 30.1 Å². The highest BCUT2D eigenvalue weighted by Gasteiger charge is 2.08. The maximum Gasteiger partial charge on any atom is 0.325 e. The second-order valence-corrected chi connectivity index (χ2v) is 3.28. The second-order valence-electron chi connectivity index (χ2n) is 2.85. The number of amides is 3. The van der Waals surface area contributed by atoms with E-state index in [-0.39, 0.29) is 0 Å². The molecule has 0 saturated heterocycles. The Morgan fingerprint density at radius 2 is 2.12 bits per heavy atom. The van der Waals surface area contributed by atoms with Crippen LogP contribution in [-0.2, 0) is 4.79 Å². The third-order valence-corrected chi connectivity index (χ3v) is 1.90. The molecule has 0 spiro atoms. The Balaban J connectivity index is 2.83. The second kappa shape index (κ2) is 5.37. The lowest BCUT2D eigenvalue weighted by Crippen LogP contribution is -2.32. The van der Waals surface area contributed by atoms with Gasteiger partial charge in [0.05, 0.1) is 12.8 Å². The number of urea groups is 1. The fourth-order valence-electron chi connectivity index (χ4n) is 1.06. The normalized spacial score (nSPS) is 9.44.